The van der Waals surface area contributed by atoms with Crippen molar-refractivity contribution < 1.29 is 9.90 Å². The summed E-state index contributed by atoms with van der Waals surface area (Å²) in [7, 11) is 0. The normalized spacial score (nSPS) is 13.2. The first-order chi connectivity index (χ1) is 9.98. The lowest BCUT2D eigenvalue weighted by Gasteiger charge is -2.38. The first kappa shape index (κ1) is 15.0. The molecule has 0 aliphatic rings. The highest BCUT2D eigenvalue weighted by atomic mass is 32.1. The van der Waals surface area contributed by atoms with E-state index in [1.807, 2.05) is 60.7 Å². The molecule has 2 rings (SSSR count). The van der Waals surface area contributed by atoms with Gasteiger partial charge in [-0.25, -0.2) is 4.79 Å². The monoisotopic (exact) mass is 300 g/mol. The topological polar surface area (TPSA) is 66.6 Å². The number of thiocarbonyl (C=S) groups is 1. The zero-order chi connectivity index (χ0) is 15.5. The van der Waals surface area contributed by atoms with Crippen LogP contribution in [0.3, 0.4) is 0 Å². The lowest BCUT2D eigenvalue weighted by molar-refractivity contribution is -0.139. The SMILES string of the molecule is C[C@](C(=O)O)(C(N)=S)N(c1ccccc1)c1ccccc1. The van der Waals surface area contributed by atoms with E-state index in [9.17, 15) is 9.90 Å². The third-order valence-electron chi connectivity index (χ3n) is 3.37. The van der Waals surface area contributed by atoms with Crippen LogP contribution in [0.15, 0.2) is 60.7 Å². The molecule has 0 radical (unpaired) electrons. The number of hydrogen-bond acceptors (Lipinski definition) is 3. The maximum Gasteiger partial charge on any atom is 0.336 e. The van der Waals surface area contributed by atoms with Crippen LogP contribution in [0, 0.1) is 0 Å². The van der Waals surface area contributed by atoms with E-state index in [0.29, 0.717) is 11.4 Å². The fourth-order valence-electron chi connectivity index (χ4n) is 2.13. The maximum atomic E-state index is 11.8. The van der Waals surface area contributed by atoms with Gasteiger partial charge in [-0.2, -0.15) is 0 Å². The molecule has 4 nitrogen and oxygen atoms in total. The second kappa shape index (κ2) is 5.93. The molecule has 2 aromatic rings. The van der Waals surface area contributed by atoms with E-state index in [4.69, 9.17) is 18.0 Å². The minimum absolute atomic E-state index is 0.0947. The van der Waals surface area contributed by atoms with Crippen LogP contribution in [0.2, 0.25) is 0 Å². The van der Waals surface area contributed by atoms with E-state index in [0.717, 1.165) is 0 Å². The number of rotatable bonds is 5. The summed E-state index contributed by atoms with van der Waals surface area (Å²) in [5.41, 5.74) is 5.66. The molecule has 0 aliphatic heterocycles. The molecule has 21 heavy (non-hydrogen) atoms. The summed E-state index contributed by atoms with van der Waals surface area (Å²) in [6.45, 7) is 1.51. The molecule has 5 heteroatoms. The third kappa shape index (κ3) is 2.73. The van der Waals surface area contributed by atoms with Crippen molar-refractivity contribution in [3.05, 3.63) is 60.7 Å². The zero-order valence-electron chi connectivity index (χ0n) is 11.6. The molecule has 1 atom stereocenters. The Hall–Kier alpha value is -2.40. The number of nitrogens with zero attached hydrogens (tertiary/aromatic N) is 1. The summed E-state index contributed by atoms with van der Waals surface area (Å²) in [6, 6.07) is 18.4. The van der Waals surface area contributed by atoms with Gasteiger partial charge in [0.05, 0.1) is 0 Å². The maximum absolute atomic E-state index is 11.8. The zero-order valence-corrected chi connectivity index (χ0v) is 12.4. The Morgan fingerprint density at radius 3 is 1.71 bits per heavy atom. The molecule has 0 unspecified atom stereocenters. The van der Waals surface area contributed by atoms with Crippen molar-refractivity contribution in [2.75, 3.05) is 4.90 Å². The number of nitrogens with two attached hydrogens (primary N) is 1. The molecular weight excluding hydrogens is 284 g/mol. The van der Waals surface area contributed by atoms with Crippen molar-refractivity contribution >= 4 is 34.6 Å². The van der Waals surface area contributed by atoms with Crippen LogP contribution in [-0.4, -0.2) is 21.6 Å². The molecule has 108 valence electrons. The number of benzene rings is 2. The first-order valence-electron chi connectivity index (χ1n) is 6.41. The number of aliphatic carboxylic acids is 1. The minimum Gasteiger partial charge on any atom is -0.479 e. The molecular formula is C16H16N2O2S. The Balaban J connectivity index is 2.67. The van der Waals surface area contributed by atoms with Gasteiger partial charge in [0.15, 0.2) is 5.54 Å². The number of anilines is 2. The van der Waals surface area contributed by atoms with Crippen LogP contribution in [0.25, 0.3) is 0 Å². The molecule has 2 aromatic carbocycles. The van der Waals surface area contributed by atoms with Crippen molar-refractivity contribution in [3.63, 3.8) is 0 Å². The second-order valence-corrected chi connectivity index (χ2v) is 5.19. The minimum atomic E-state index is -1.52. The quantitative estimate of drug-likeness (QED) is 0.831. The van der Waals surface area contributed by atoms with Crippen LogP contribution in [0.1, 0.15) is 6.92 Å². The van der Waals surface area contributed by atoms with Gasteiger partial charge < -0.3 is 15.7 Å². The van der Waals surface area contributed by atoms with Crippen molar-refractivity contribution in [3.8, 4) is 0 Å². The summed E-state index contributed by atoms with van der Waals surface area (Å²) in [5.74, 6) is -1.09. The van der Waals surface area contributed by atoms with E-state index in [2.05, 4.69) is 0 Å². The largest absolute Gasteiger partial charge is 0.479 e. The molecule has 0 heterocycles. The lowest BCUT2D eigenvalue weighted by Crippen LogP contribution is -2.58. The summed E-state index contributed by atoms with van der Waals surface area (Å²) >= 11 is 5.04. The standard InChI is InChI=1S/C16H16N2O2S/c1-16(14(17)21,15(19)20)18(12-8-4-2-5-9-12)13-10-6-3-7-11-13/h2-11H,1H3,(H2,17,21)(H,19,20)/t16-/m1/s1. The summed E-state index contributed by atoms with van der Waals surface area (Å²) in [5, 5.41) is 9.69. The molecule has 0 fully saturated rings. The van der Waals surface area contributed by atoms with Gasteiger partial charge in [-0.05, 0) is 31.2 Å². The molecule has 0 spiro atoms. The van der Waals surface area contributed by atoms with Gasteiger partial charge in [-0.15, -0.1) is 0 Å². The average Bonchev–Trinajstić information content (AvgIpc) is 2.49. The van der Waals surface area contributed by atoms with Crippen molar-refractivity contribution in [1.29, 1.82) is 0 Å². The highest BCUT2D eigenvalue weighted by molar-refractivity contribution is 7.80. The van der Waals surface area contributed by atoms with Crippen LogP contribution in [0.4, 0.5) is 11.4 Å². The molecule has 3 N–H and O–H groups in total. The number of carboxylic acid groups (broad SMARTS) is 1. The summed E-state index contributed by atoms with van der Waals surface area (Å²) in [6.07, 6.45) is 0. The van der Waals surface area contributed by atoms with Crippen LogP contribution >= 0.6 is 12.2 Å². The van der Waals surface area contributed by atoms with E-state index >= 15 is 0 Å². The lowest BCUT2D eigenvalue weighted by atomic mass is 9.97. The Kier molecular flexibility index (Phi) is 4.23. The number of para-hydroxylation sites is 2. The predicted molar refractivity (Wildman–Crippen MR) is 87.8 cm³/mol. The fraction of sp³-hybridized carbons (Fsp3) is 0.125. The Labute approximate surface area is 128 Å². The van der Waals surface area contributed by atoms with Crippen LogP contribution in [-0.2, 0) is 4.79 Å². The molecule has 0 saturated carbocycles. The van der Waals surface area contributed by atoms with Gasteiger partial charge in [0.2, 0.25) is 0 Å². The summed E-state index contributed by atoms with van der Waals surface area (Å²) < 4.78 is 0. The second-order valence-electron chi connectivity index (χ2n) is 4.75. The van der Waals surface area contributed by atoms with Crippen molar-refractivity contribution in [1.82, 2.24) is 0 Å². The molecule has 0 aliphatic carbocycles. The molecule has 0 bridgehead atoms. The van der Waals surface area contributed by atoms with E-state index in [-0.39, 0.29) is 4.99 Å². The highest BCUT2D eigenvalue weighted by Crippen LogP contribution is 2.33. The third-order valence-corrected chi connectivity index (χ3v) is 3.77. The fourth-order valence-corrected chi connectivity index (χ4v) is 2.31. The van der Waals surface area contributed by atoms with Crippen molar-refractivity contribution in [2.24, 2.45) is 5.73 Å². The van der Waals surface area contributed by atoms with Crippen LogP contribution < -0.4 is 10.6 Å². The Bertz CT molecular complexity index is 590. The average molecular weight is 300 g/mol. The van der Waals surface area contributed by atoms with Gasteiger partial charge in [-0.1, -0.05) is 48.6 Å². The smallest absolute Gasteiger partial charge is 0.336 e. The predicted octanol–water partition coefficient (Wildman–Crippen LogP) is 2.95. The van der Waals surface area contributed by atoms with E-state index in [1.165, 1.54) is 6.92 Å². The number of carbonyl (C=O) groups is 1. The summed E-state index contributed by atoms with van der Waals surface area (Å²) in [4.78, 5) is 13.4. The van der Waals surface area contributed by atoms with Crippen molar-refractivity contribution in [2.45, 2.75) is 12.5 Å². The molecule has 0 amide bonds. The van der Waals surface area contributed by atoms with Gasteiger partial charge in [0, 0.05) is 11.4 Å². The Morgan fingerprint density at radius 1 is 1.05 bits per heavy atom. The van der Waals surface area contributed by atoms with E-state index < -0.39 is 11.5 Å². The van der Waals surface area contributed by atoms with Gasteiger partial charge in [0.25, 0.3) is 0 Å². The van der Waals surface area contributed by atoms with E-state index in [1.54, 1.807) is 4.90 Å². The highest BCUT2D eigenvalue weighted by Gasteiger charge is 2.44. The van der Waals surface area contributed by atoms with Gasteiger partial charge in [-0.3, -0.25) is 0 Å². The number of carboxylic acids is 1. The Morgan fingerprint density at radius 2 is 1.43 bits per heavy atom. The molecule has 0 aromatic heterocycles. The number of hydrogen-bond donors (Lipinski definition) is 2. The molecule has 0 saturated heterocycles. The van der Waals surface area contributed by atoms with Gasteiger partial charge in [0.1, 0.15) is 4.99 Å². The first-order valence-corrected chi connectivity index (χ1v) is 6.82. The van der Waals surface area contributed by atoms with Gasteiger partial charge >= 0.3 is 5.97 Å². The van der Waals surface area contributed by atoms with Crippen LogP contribution in [0.5, 0.6) is 0 Å².